The average molecular weight is 367 g/mol. The molecule has 2 unspecified atom stereocenters. The number of piperazine rings is 1. The minimum absolute atomic E-state index is 0. The van der Waals surface area contributed by atoms with Crippen molar-refractivity contribution in [3.05, 3.63) is 17.3 Å². The van der Waals surface area contributed by atoms with Gasteiger partial charge in [-0.2, -0.15) is 0 Å². The second-order valence-corrected chi connectivity index (χ2v) is 6.00. The van der Waals surface area contributed by atoms with Crippen LogP contribution in [0.5, 0.6) is 0 Å². The normalized spacial score (nSPS) is 17.9. The molecule has 2 N–H and O–H groups in total. The van der Waals surface area contributed by atoms with E-state index >= 15 is 0 Å². The van der Waals surface area contributed by atoms with E-state index < -0.39 is 0 Å². The Morgan fingerprint density at radius 2 is 1.78 bits per heavy atom. The molecule has 0 bridgehead atoms. The van der Waals surface area contributed by atoms with Crippen molar-refractivity contribution in [3.63, 3.8) is 0 Å². The van der Waals surface area contributed by atoms with Gasteiger partial charge in [0, 0.05) is 32.2 Å². The van der Waals surface area contributed by atoms with E-state index in [2.05, 4.69) is 9.88 Å². The number of hydrogen-bond donors (Lipinski definition) is 1. The van der Waals surface area contributed by atoms with Gasteiger partial charge in [-0.15, -0.1) is 24.8 Å². The van der Waals surface area contributed by atoms with E-state index in [1.807, 2.05) is 32.6 Å². The number of aryl methyl sites for hydroxylation is 2. The van der Waals surface area contributed by atoms with E-state index in [4.69, 9.17) is 10.2 Å². The van der Waals surface area contributed by atoms with Crippen LogP contribution in [0.15, 0.2) is 4.42 Å². The maximum absolute atomic E-state index is 12.2. The fourth-order valence-electron chi connectivity index (χ4n) is 2.44. The molecular weight excluding hydrogens is 339 g/mol. The van der Waals surface area contributed by atoms with Gasteiger partial charge in [0.25, 0.3) is 0 Å². The molecule has 1 amide bonds. The van der Waals surface area contributed by atoms with E-state index in [0.29, 0.717) is 6.54 Å². The Kier molecular flexibility index (Phi) is 9.13. The summed E-state index contributed by atoms with van der Waals surface area (Å²) in [5.74, 6) is 1.68. The van der Waals surface area contributed by atoms with Gasteiger partial charge in [0.2, 0.25) is 11.8 Å². The zero-order valence-electron chi connectivity index (χ0n) is 14.2. The highest BCUT2D eigenvalue weighted by molar-refractivity contribution is 5.85. The van der Waals surface area contributed by atoms with Crippen molar-refractivity contribution in [2.75, 3.05) is 26.2 Å². The Hall–Kier alpha value is -0.820. The summed E-state index contributed by atoms with van der Waals surface area (Å²) in [6.07, 6.45) is 0. The molecule has 134 valence electrons. The molecular formula is C15H28Cl2N4O2. The largest absolute Gasteiger partial charge is 0.444 e. The number of carbonyl (C=O) groups is 1. The summed E-state index contributed by atoms with van der Waals surface area (Å²) in [4.78, 5) is 20.8. The molecule has 2 atom stereocenters. The summed E-state index contributed by atoms with van der Waals surface area (Å²) in [6, 6.07) is -0.103. The molecule has 0 spiro atoms. The van der Waals surface area contributed by atoms with Gasteiger partial charge in [0.15, 0.2) is 0 Å². The maximum Gasteiger partial charge on any atom is 0.227 e. The van der Waals surface area contributed by atoms with Crippen LogP contribution in [0.1, 0.15) is 31.2 Å². The van der Waals surface area contributed by atoms with Gasteiger partial charge in [-0.25, -0.2) is 4.98 Å². The highest BCUT2D eigenvalue weighted by atomic mass is 35.5. The van der Waals surface area contributed by atoms with Gasteiger partial charge < -0.3 is 15.1 Å². The third-order valence-corrected chi connectivity index (χ3v) is 4.29. The Labute approximate surface area is 150 Å². The topological polar surface area (TPSA) is 75.6 Å². The molecule has 1 aliphatic heterocycles. The Morgan fingerprint density at radius 3 is 2.22 bits per heavy atom. The molecule has 0 aliphatic carbocycles. The predicted octanol–water partition coefficient (Wildman–Crippen LogP) is 1.76. The van der Waals surface area contributed by atoms with Crippen LogP contribution in [0.4, 0.5) is 0 Å². The van der Waals surface area contributed by atoms with Crippen molar-refractivity contribution in [1.82, 2.24) is 14.8 Å². The van der Waals surface area contributed by atoms with Crippen LogP contribution in [0.25, 0.3) is 0 Å². The van der Waals surface area contributed by atoms with Crippen LogP contribution in [0, 0.1) is 19.8 Å². The maximum atomic E-state index is 12.2. The number of amides is 1. The third-order valence-electron chi connectivity index (χ3n) is 4.29. The Morgan fingerprint density at radius 1 is 1.22 bits per heavy atom. The van der Waals surface area contributed by atoms with Crippen molar-refractivity contribution in [2.24, 2.45) is 11.7 Å². The first-order valence-electron chi connectivity index (χ1n) is 7.58. The van der Waals surface area contributed by atoms with Crippen molar-refractivity contribution in [1.29, 1.82) is 0 Å². The summed E-state index contributed by atoms with van der Waals surface area (Å²) in [5, 5.41) is 0. The number of aromatic nitrogens is 1. The Bertz CT molecular complexity index is 480. The molecule has 0 aromatic carbocycles. The van der Waals surface area contributed by atoms with Crippen LogP contribution in [0.2, 0.25) is 0 Å². The quantitative estimate of drug-likeness (QED) is 0.878. The van der Waals surface area contributed by atoms with Crippen molar-refractivity contribution in [2.45, 2.75) is 40.3 Å². The molecule has 2 heterocycles. The molecule has 1 aromatic rings. The molecule has 23 heavy (non-hydrogen) atoms. The van der Waals surface area contributed by atoms with E-state index in [1.54, 1.807) is 0 Å². The van der Waals surface area contributed by atoms with Crippen molar-refractivity contribution in [3.8, 4) is 0 Å². The lowest BCUT2D eigenvalue weighted by Gasteiger charge is -2.35. The lowest BCUT2D eigenvalue weighted by Crippen LogP contribution is -2.51. The van der Waals surface area contributed by atoms with Crippen LogP contribution in [-0.2, 0) is 11.3 Å². The van der Waals surface area contributed by atoms with E-state index in [1.165, 1.54) is 0 Å². The number of halogens is 2. The number of oxazole rings is 1. The molecule has 1 fully saturated rings. The van der Waals surface area contributed by atoms with E-state index in [0.717, 1.165) is 43.5 Å². The van der Waals surface area contributed by atoms with Gasteiger partial charge >= 0.3 is 0 Å². The molecule has 0 saturated carbocycles. The molecule has 8 heteroatoms. The van der Waals surface area contributed by atoms with Gasteiger partial charge in [0.1, 0.15) is 5.76 Å². The predicted molar refractivity (Wildman–Crippen MR) is 95.1 cm³/mol. The molecule has 1 aromatic heterocycles. The smallest absolute Gasteiger partial charge is 0.227 e. The second-order valence-electron chi connectivity index (χ2n) is 6.00. The monoisotopic (exact) mass is 366 g/mol. The number of nitrogens with two attached hydrogens (primary N) is 1. The zero-order chi connectivity index (χ0) is 15.6. The molecule has 2 rings (SSSR count). The van der Waals surface area contributed by atoms with Gasteiger partial charge in [-0.1, -0.05) is 6.92 Å². The van der Waals surface area contributed by atoms with Gasteiger partial charge in [0.05, 0.1) is 18.2 Å². The minimum atomic E-state index is -0.117. The lowest BCUT2D eigenvalue weighted by molar-refractivity contribution is -0.137. The highest BCUT2D eigenvalue weighted by Crippen LogP contribution is 2.14. The lowest BCUT2D eigenvalue weighted by atomic mass is 10.0. The first-order valence-corrected chi connectivity index (χ1v) is 7.58. The van der Waals surface area contributed by atoms with E-state index in [-0.39, 0.29) is 42.7 Å². The molecule has 1 aliphatic rings. The summed E-state index contributed by atoms with van der Waals surface area (Å²) < 4.78 is 5.61. The van der Waals surface area contributed by atoms with Crippen LogP contribution in [-0.4, -0.2) is 52.9 Å². The number of carbonyl (C=O) groups excluding carboxylic acids is 1. The minimum Gasteiger partial charge on any atom is -0.444 e. The zero-order valence-corrected chi connectivity index (χ0v) is 15.9. The standard InChI is InChI=1S/C15H26N4O2.2ClH/c1-10(11(2)16)15(20)19-7-5-18(6-8-19)9-14-17-12(3)13(4)21-14;;/h10-11H,5-9,16H2,1-4H3;2*1H. The summed E-state index contributed by atoms with van der Waals surface area (Å²) in [6.45, 7) is 11.5. The van der Waals surface area contributed by atoms with Crippen molar-refractivity contribution < 1.29 is 9.21 Å². The summed E-state index contributed by atoms with van der Waals surface area (Å²) in [5.41, 5.74) is 6.76. The third kappa shape index (κ3) is 5.64. The average Bonchev–Trinajstić information content (AvgIpc) is 2.76. The summed E-state index contributed by atoms with van der Waals surface area (Å²) in [7, 11) is 0. The first kappa shape index (κ1) is 22.2. The number of hydrogen-bond acceptors (Lipinski definition) is 5. The second kappa shape index (κ2) is 9.47. The van der Waals surface area contributed by atoms with Crippen LogP contribution >= 0.6 is 24.8 Å². The Balaban J connectivity index is 0.00000242. The van der Waals surface area contributed by atoms with Gasteiger partial charge in [-0.05, 0) is 20.8 Å². The van der Waals surface area contributed by atoms with Crippen LogP contribution in [0.3, 0.4) is 0 Å². The fourth-order valence-corrected chi connectivity index (χ4v) is 2.44. The first-order chi connectivity index (χ1) is 9.88. The summed E-state index contributed by atoms with van der Waals surface area (Å²) >= 11 is 0. The van der Waals surface area contributed by atoms with E-state index in [9.17, 15) is 4.79 Å². The number of rotatable bonds is 4. The highest BCUT2D eigenvalue weighted by Gasteiger charge is 2.27. The fraction of sp³-hybridized carbons (Fsp3) is 0.733. The number of nitrogens with zero attached hydrogens (tertiary/aromatic N) is 3. The molecule has 0 radical (unpaired) electrons. The van der Waals surface area contributed by atoms with Gasteiger partial charge in [-0.3, -0.25) is 9.69 Å². The SMILES string of the molecule is Cc1nc(CN2CCN(C(=O)C(C)C(C)N)CC2)oc1C.Cl.Cl. The van der Waals surface area contributed by atoms with Crippen molar-refractivity contribution >= 4 is 30.7 Å². The molecule has 1 saturated heterocycles. The van der Waals surface area contributed by atoms with Crippen LogP contribution < -0.4 is 5.73 Å². The molecule has 6 nitrogen and oxygen atoms in total.